The average Bonchev–Trinajstić information content (AvgIpc) is 3.00. The predicted molar refractivity (Wildman–Crippen MR) is 93.9 cm³/mol. The first kappa shape index (κ1) is 16.1. The van der Waals surface area contributed by atoms with E-state index in [1.54, 1.807) is 12.1 Å². The summed E-state index contributed by atoms with van der Waals surface area (Å²) in [5.74, 6) is -0.311. The van der Waals surface area contributed by atoms with E-state index in [0.717, 1.165) is 16.7 Å². The molecule has 0 atom stereocenters. The van der Waals surface area contributed by atoms with E-state index in [1.165, 1.54) is 23.5 Å². The van der Waals surface area contributed by atoms with Gasteiger partial charge < -0.3 is 5.32 Å². The smallest absolute Gasteiger partial charge is 0.308 e. The molecule has 0 aliphatic carbocycles. The molecular weight excluding hydrogens is 327 g/mol. The number of carbonyl (C=O) groups is 1. The maximum Gasteiger partial charge on any atom is 0.325 e. The summed E-state index contributed by atoms with van der Waals surface area (Å²) in [6, 6.07) is 11.3. The van der Waals surface area contributed by atoms with Gasteiger partial charge >= 0.3 is 6.03 Å². The lowest BCUT2D eigenvalue weighted by Crippen LogP contribution is -2.19. The zero-order valence-corrected chi connectivity index (χ0v) is 13.9. The summed E-state index contributed by atoms with van der Waals surface area (Å²) in [6.07, 6.45) is 0. The summed E-state index contributed by atoms with van der Waals surface area (Å²) < 4.78 is 12.9. The minimum atomic E-state index is -0.389. The summed E-state index contributed by atoms with van der Waals surface area (Å²) >= 11 is 1.22. The molecule has 2 N–H and O–H groups in total. The van der Waals surface area contributed by atoms with Gasteiger partial charge in [-0.05, 0) is 61.4 Å². The second-order valence-corrected chi connectivity index (χ2v) is 6.27. The molecule has 0 saturated carbocycles. The Morgan fingerprint density at radius 2 is 1.75 bits per heavy atom. The van der Waals surface area contributed by atoms with E-state index in [1.807, 2.05) is 32.0 Å². The second kappa shape index (κ2) is 6.76. The minimum Gasteiger partial charge on any atom is -0.308 e. The van der Waals surface area contributed by atoms with Crippen molar-refractivity contribution in [2.45, 2.75) is 13.8 Å². The molecule has 5 nitrogen and oxygen atoms in total. The Labute approximate surface area is 142 Å². The van der Waals surface area contributed by atoms with Gasteiger partial charge in [0.25, 0.3) is 0 Å². The number of nitrogens with zero attached hydrogens (tertiary/aromatic N) is 2. The quantitative estimate of drug-likeness (QED) is 0.731. The highest BCUT2D eigenvalue weighted by Crippen LogP contribution is 2.26. The number of benzene rings is 2. The number of anilines is 2. The fourth-order valence-corrected chi connectivity index (χ4v) is 2.81. The van der Waals surface area contributed by atoms with Gasteiger partial charge in [0, 0.05) is 11.3 Å². The molecule has 0 fully saturated rings. The van der Waals surface area contributed by atoms with Crippen molar-refractivity contribution in [3.05, 3.63) is 59.4 Å². The van der Waals surface area contributed by atoms with E-state index in [9.17, 15) is 9.18 Å². The van der Waals surface area contributed by atoms with Crippen molar-refractivity contribution in [2.75, 3.05) is 10.6 Å². The van der Waals surface area contributed by atoms with Gasteiger partial charge in [-0.25, -0.2) is 9.18 Å². The zero-order chi connectivity index (χ0) is 17.1. The molecule has 2 aromatic carbocycles. The van der Waals surface area contributed by atoms with Crippen molar-refractivity contribution in [1.82, 2.24) is 10.2 Å². The van der Waals surface area contributed by atoms with Crippen molar-refractivity contribution in [3.63, 3.8) is 0 Å². The Kier molecular flexibility index (Phi) is 4.52. The van der Waals surface area contributed by atoms with Crippen LogP contribution in [0.2, 0.25) is 0 Å². The van der Waals surface area contributed by atoms with Gasteiger partial charge in [0.2, 0.25) is 5.13 Å². The molecule has 0 aliphatic heterocycles. The van der Waals surface area contributed by atoms with E-state index >= 15 is 0 Å². The normalized spacial score (nSPS) is 10.5. The van der Waals surface area contributed by atoms with Crippen molar-refractivity contribution < 1.29 is 9.18 Å². The van der Waals surface area contributed by atoms with E-state index < -0.39 is 0 Å². The molecule has 0 radical (unpaired) electrons. The molecule has 0 unspecified atom stereocenters. The standard InChI is InChI=1S/C17H15FN4OS/c1-10-3-8-14(9-11(10)2)19-16(23)20-17-22-21-15(24-17)12-4-6-13(18)7-5-12/h3-9H,1-2H3,(H2,19,20,22,23). The largest absolute Gasteiger partial charge is 0.325 e. The predicted octanol–water partition coefficient (Wildman–Crippen LogP) is 4.61. The lowest BCUT2D eigenvalue weighted by molar-refractivity contribution is 0.262. The SMILES string of the molecule is Cc1ccc(NC(=O)Nc2nnc(-c3ccc(F)cc3)s2)cc1C. The molecule has 0 aliphatic rings. The van der Waals surface area contributed by atoms with Crippen LogP contribution in [0.5, 0.6) is 0 Å². The Hall–Kier alpha value is -2.80. The van der Waals surface area contributed by atoms with E-state index in [2.05, 4.69) is 20.8 Å². The Morgan fingerprint density at radius 3 is 2.46 bits per heavy atom. The van der Waals surface area contributed by atoms with Crippen LogP contribution in [0, 0.1) is 19.7 Å². The number of amides is 2. The summed E-state index contributed by atoms with van der Waals surface area (Å²) in [7, 11) is 0. The van der Waals surface area contributed by atoms with Crippen molar-refractivity contribution in [1.29, 1.82) is 0 Å². The Morgan fingerprint density at radius 1 is 1.00 bits per heavy atom. The van der Waals surface area contributed by atoms with Gasteiger partial charge in [-0.1, -0.05) is 17.4 Å². The maximum absolute atomic E-state index is 12.9. The highest BCUT2D eigenvalue weighted by Gasteiger charge is 2.10. The number of hydrogen-bond donors (Lipinski definition) is 2. The summed E-state index contributed by atoms with van der Waals surface area (Å²) in [5.41, 5.74) is 3.71. The fourth-order valence-electron chi connectivity index (χ4n) is 2.06. The van der Waals surface area contributed by atoms with Crippen LogP contribution in [-0.2, 0) is 0 Å². The molecule has 24 heavy (non-hydrogen) atoms. The third kappa shape index (κ3) is 3.75. The van der Waals surface area contributed by atoms with Crippen LogP contribution in [0.3, 0.4) is 0 Å². The molecule has 3 rings (SSSR count). The van der Waals surface area contributed by atoms with Crippen molar-refractivity contribution in [3.8, 4) is 10.6 Å². The number of rotatable bonds is 3. The first-order valence-corrected chi connectivity index (χ1v) is 8.07. The van der Waals surface area contributed by atoms with Crippen molar-refractivity contribution in [2.24, 2.45) is 0 Å². The summed E-state index contributed by atoms with van der Waals surface area (Å²) in [4.78, 5) is 12.0. The molecule has 3 aromatic rings. The second-order valence-electron chi connectivity index (χ2n) is 5.30. The monoisotopic (exact) mass is 342 g/mol. The van der Waals surface area contributed by atoms with Crippen LogP contribution < -0.4 is 10.6 Å². The molecule has 122 valence electrons. The first-order valence-electron chi connectivity index (χ1n) is 7.26. The summed E-state index contributed by atoms with van der Waals surface area (Å²) in [6.45, 7) is 4.00. The molecular formula is C17H15FN4OS. The average molecular weight is 342 g/mol. The van der Waals surface area contributed by atoms with Crippen LogP contribution in [-0.4, -0.2) is 16.2 Å². The van der Waals surface area contributed by atoms with Crippen LogP contribution in [0.1, 0.15) is 11.1 Å². The fraction of sp³-hybridized carbons (Fsp3) is 0.118. The van der Waals surface area contributed by atoms with Crippen molar-refractivity contribution >= 4 is 28.2 Å². The van der Waals surface area contributed by atoms with Crippen LogP contribution in [0.15, 0.2) is 42.5 Å². The molecule has 0 spiro atoms. The lowest BCUT2D eigenvalue weighted by Gasteiger charge is -2.07. The molecule has 2 amide bonds. The third-order valence-corrected chi connectivity index (χ3v) is 4.39. The van der Waals surface area contributed by atoms with Gasteiger partial charge in [-0.3, -0.25) is 5.32 Å². The highest BCUT2D eigenvalue weighted by atomic mass is 32.1. The van der Waals surface area contributed by atoms with Crippen LogP contribution in [0.4, 0.5) is 20.0 Å². The molecule has 1 aromatic heterocycles. The number of aryl methyl sites for hydroxylation is 2. The van der Waals surface area contributed by atoms with E-state index in [-0.39, 0.29) is 11.8 Å². The van der Waals surface area contributed by atoms with Crippen LogP contribution in [0.25, 0.3) is 10.6 Å². The molecule has 1 heterocycles. The number of aromatic nitrogens is 2. The lowest BCUT2D eigenvalue weighted by atomic mass is 10.1. The van der Waals surface area contributed by atoms with Gasteiger partial charge in [0.1, 0.15) is 10.8 Å². The van der Waals surface area contributed by atoms with E-state index in [0.29, 0.717) is 15.8 Å². The number of urea groups is 1. The molecule has 7 heteroatoms. The molecule has 0 bridgehead atoms. The number of nitrogens with one attached hydrogen (secondary N) is 2. The molecule has 0 saturated heterocycles. The Balaban J connectivity index is 1.66. The highest BCUT2D eigenvalue weighted by molar-refractivity contribution is 7.18. The number of carbonyl (C=O) groups excluding carboxylic acids is 1. The minimum absolute atomic E-state index is 0.311. The Bertz CT molecular complexity index is 877. The van der Waals surface area contributed by atoms with Gasteiger partial charge in [-0.2, -0.15) is 0 Å². The zero-order valence-electron chi connectivity index (χ0n) is 13.1. The third-order valence-electron chi connectivity index (χ3n) is 3.50. The maximum atomic E-state index is 12.9. The summed E-state index contributed by atoms with van der Waals surface area (Å²) in [5, 5.41) is 14.3. The van der Waals surface area contributed by atoms with Gasteiger partial charge in [0.05, 0.1) is 0 Å². The van der Waals surface area contributed by atoms with Crippen LogP contribution >= 0.6 is 11.3 Å². The number of hydrogen-bond acceptors (Lipinski definition) is 4. The van der Waals surface area contributed by atoms with E-state index in [4.69, 9.17) is 0 Å². The van der Waals surface area contributed by atoms with Gasteiger partial charge in [-0.15, -0.1) is 10.2 Å². The van der Waals surface area contributed by atoms with Gasteiger partial charge in [0.15, 0.2) is 0 Å². The topological polar surface area (TPSA) is 66.9 Å². The number of halogens is 1. The first-order chi connectivity index (χ1) is 11.5.